The van der Waals surface area contributed by atoms with Gasteiger partial charge in [-0.15, -0.1) is 0 Å². The standard InChI is InChI=1S/C14H18Cl2N2O3/c1-3-7-21-14(17-6-8-20-2)18-13(19)10-4-5-11(15)12(16)9-10/h4-5,9H,3,6-8H2,1-2H3,(H,17,18,19). The number of methoxy groups -OCH3 is 1. The van der Waals surface area contributed by atoms with Crippen LogP contribution in [-0.2, 0) is 9.47 Å². The molecule has 1 aromatic rings. The van der Waals surface area contributed by atoms with Gasteiger partial charge in [0.2, 0.25) is 0 Å². The Kier molecular flexibility index (Phi) is 8.12. The Balaban J connectivity index is 2.73. The second-order valence-electron chi connectivity index (χ2n) is 4.11. The van der Waals surface area contributed by atoms with E-state index in [9.17, 15) is 4.79 Å². The van der Waals surface area contributed by atoms with Crippen LogP contribution in [0.15, 0.2) is 23.2 Å². The van der Waals surface area contributed by atoms with Gasteiger partial charge >= 0.3 is 0 Å². The minimum Gasteiger partial charge on any atom is -0.465 e. The second-order valence-corrected chi connectivity index (χ2v) is 4.93. The first-order valence-electron chi connectivity index (χ1n) is 6.51. The van der Waals surface area contributed by atoms with Gasteiger partial charge in [0, 0.05) is 12.7 Å². The molecule has 1 rings (SSSR count). The number of nitrogens with zero attached hydrogens (tertiary/aromatic N) is 1. The minimum absolute atomic E-state index is 0.171. The quantitative estimate of drug-likeness (QED) is 0.494. The molecule has 0 spiro atoms. The molecule has 0 aromatic heterocycles. The average molecular weight is 333 g/mol. The number of amidine groups is 1. The molecule has 0 radical (unpaired) electrons. The summed E-state index contributed by atoms with van der Waals surface area (Å²) in [5.74, 6) is -0.360. The first-order chi connectivity index (χ1) is 10.1. The van der Waals surface area contributed by atoms with Crippen molar-refractivity contribution < 1.29 is 14.3 Å². The van der Waals surface area contributed by atoms with Crippen LogP contribution in [0.25, 0.3) is 0 Å². The third kappa shape index (κ3) is 6.33. The molecular weight excluding hydrogens is 315 g/mol. The van der Waals surface area contributed by atoms with Crippen molar-refractivity contribution in [2.24, 2.45) is 4.99 Å². The highest BCUT2D eigenvalue weighted by atomic mass is 35.5. The summed E-state index contributed by atoms with van der Waals surface area (Å²) < 4.78 is 10.3. The van der Waals surface area contributed by atoms with Gasteiger partial charge in [-0.05, 0) is 24.6 Å². The maximum Gasteiger partial charge on any atom is 0.291 e. The van der Waals surface area contributed by atoms with Gasteiger partial charge in [0.25, 0.3) is 11.9 Å². The molecule has 1 aromatic carbocycles. The predicted octanol–water partition coefficient (Wildman–Crippen LogP) is 3.15. The molecule has 1 N–H and O–H groups in total. The molecule has 0 saturated carbocycles. The number of rotatable bonds is 6. The second kappa shape index (κ2) is 9.60. The highest BCUT2D eigenvalue weighted by Gasteiger charge is 2.11. The Morgan fingerprint density at radius 2 is 2.05 bits per heavy atom. The maximum atomic E-state index is 12.1. The molecule has 116 valence electrons. The predicted molar refractivity (Wildman–Crippen MR) is 84.3 cm³/mol. The lowest BCUT2D eigenvalue weighted by Gasteiger charge is -2.10. The number of ether oxygens (including phenoxy) is 2. The van der Waals surface area contributed by atoms with Crippen molar-refractivity contribution in [3.63, 3.8) is 0 Å². The summed E-state index contributed by atoms with van der Waals surface area (Å²) >= 11 is 11.7. The molecule has 0 atom stereocenters. The molecule has 0 aliphatic heterocycles. The van der Waals surface area contributed by atoms with Gasteiger partial charge in [-0.3, -0.25) is 10.1 Å². The lowest BCUT2D eigenvalue weighted by Crippen LogP contribution is -2.33. The molecule has 0 saturated heterocycles. The fourth-order valence-corrected chi connectivity index (χ4v) is 1.66. The molecular formula is C14H18Cl2N2O3. The van der Waals surface area contributed by atoms with Gasteiger partial charge in [0.05, 0.1) is 29.8 Å². The number of amides is 1. The molecule has 0 bridgehead atoms. The fourth-order valence-electron chi connectivity index (χ4n) is 1.37. The van der Waals surface area contributed by atoms with E-state index in [1.807, 2.05) is 6.92 Å². The van der Waals surface area contributed by atoms with Crippen LogP contribution < -0.4 is 5.32 Å². The highest BCUT2D eigenvalue weighted by molar-refractivity contribution is 6.42. The first kappa shape index (κ1) is 17.8. The van der Waals surface area contributed by atoms with Crippen molar-refractivity contribution in [2.45, 2.75) is 13.3 Å². The van der Waals surface area contributed by atoms with Gasteiger partial charge in [-0.25, -0.2) is 4.99 Å². The molecule has 21 heavy (non-hydrogen) atoms. The van der Waals surface area contributed by atoms with E-state index in [2.05, 4.69) is 10.3 Å². The summed E-state index contributed by atoms with van der Waals surface area (Å²) in [6.07, 6.45) is 0.811. The molecule has 0 fully saturated rings. The van der Waals surface area contributed by atoms with E-state index in [0.29, 0.717) is 35.4 Å². The number of nitrogens with one attached hydrogen (secondary N) is 1. The lowest BCUT2D eigenvalue weighted by molar-refractivity contribution is 0.0965. The number of carbonyl (C=O) groups excluding carboxylic acids is 1. The number of benzene rings is 1. The largest absolute Gasteiger partial charge is 0.465 e. The third-order valence-corrected chi connectivity index (χ3v) is 3.14. The van der Waals surface area contributed by atoms with E-state index in [1.54, 1.807) is 19.2 Å². The Morgan fingerprint density at radius 3 is 2.67 bits per heavy atom. The molecule has 0 unspecified atom stereocenters. The summed E-state index contributed by atoms with van der Waals surface area (Å²) in [6, 6.07) is 4.81. The van der Waals surface area contributed by atoms with Crippen LogP contribution >= 0.6 is 23.2 Å². The van der Waals surface area contributed by atoms with Gasteiger partial charge in [0.15, 0.2) is 0 Å². The molecule has 0 aliphatic carbocycles. The van der Waals surface area contributed by atoms with Crippen molar-refractivity contribution in [2.75, 3.05) is 26.9 Å². The van der Waals surface area contributed by atoms with Crippen LogP contribution in [-0.4, -0.2) is 38.8 Å². The van der Waals surface area contributed by atoms with Crippen LogP contribution in [0.1, 0.15) is 23.7 Å². The van der Waals surface area contributed by atoms with E-state index in [-0.39, 0.29) is 11.9 Å². The summed E-state index contributed by atoms with van der Waals surface area (Å²) in [7, 11) is 1.58. The smallest absolute Gasteiger partial charge is 0.291 e. The molecule has 5 nitrogen and oxygen atoms in total. The maximum absolute atomic E-state index is 12.1. The average Bonchev–Trinajstić information content (AvgIpc) is 2.47. The van der Waals surface area contributed by atoms with E-state index in [4.69, 9.17) is 32.7 Å². The van der Waals surface area contributed by atoms with Crippen LogP contribution in [0.2, 0.25) is 10.0 Å². The SMILES string of the molecule is CCCOC(=NCCOC)NC(=O)c1ccc(Cl)c(Cl)c1. The molecule has 0 heterocycles. The van der Waals surface area contributed by atoms with Crippen molar-refractivity contribution in [1.29, 1.82) is 0 Å². The first-order valence-corrected chi connectivity index (χ1v) is 7.26. The molecule has 7 heteroatoms. The number of carbonyl (C=O) groups is 1. The third-order valence-electron chi connectivity index (χ3n) is 2.40. The normalized spacial score (nSPS) is 11.3. The summed E-state index contributed by atoms with van der Waals surface area (Å²) in [6.45, 7) is 3.28. The van der Waals surface area contributed by atoms with E-state index in [1.165, 1.54) is 6.07 Å². The Hall–Kier alpha value is -1.30. The van der Waals surface area contributed by atoms with Crippen molar-refractivity contribution in [3.8, 4) is 0 Å². The summed E-state index contributed by atoms with van der Waals surface area (Å²) in [4.78, 5) is 16.2. The number of hydrogen-bond donors (Lipinski definition) is 1. The van der Waals surface area contributed by atoms with Crippen molar-refractivity contribution in [3.05, 3.63) is 33.8 Å². The Labute approximate surface area is 134 Å². The zero-order valence-corrected chi connectivity index (χ0v) is 13.5. The van der Waals surface area contributed by atoms with Crippen LogP contribution in [0, 0.1) is 0 Å². The summed E-state index contributed by atoms with van der Waals surface area (Å²) in [5.41, 5.74) is 0.379. The Bertz CT molecular complexity index is 507. The lowest BCUT2D eigenvalue weighted by atomic mass is 10.2. The zero-order chi connectivity index (χ0) is 15.7. The van der Waals surface area contributed by atoms with Gasteiger partial charge in [-0.2, -0.15) is 0 Å². The van der Waals surface area contributed by atoms with Crippen LogP contribution in [0.3, 0.4) is 0 Å². The monoisotopic (exact) mass is 332 g/mol. The van der Waals surface area contributed by atoms with Crippen molar-refractivity contribution >= 4 is 35.1 Å². The number of halogens is 2. The minimum atomic E-state index is -0.360. The zero-order valence-electron chi connectivity index (χ0n) is 12.0. The van der Waals surface area contributed by atoms with Gasteiger partial charge in [-0.1, -0.05) is 30.1 Å². The molecule has 0 aliphatic rings. The number of hydrogen-bond acceptors (Lipinski definition) is 4. The topological polar surface area (TPSA) is 59.9 Å². The van der Waals surface area contributed by atoms with Gasteiger partial charge < -0.3 is 9.47 Å². The van der Waals surface area contributed by atoms with Crippen LogP contribution in [0.5, 0.6) is 0 Å². The van der Waals surface area contributed by atoms with E-state index < -0.39 is 0 Å². The van der Waals surface area contributed by atoms with Gasteiger partial charge in [0.1, 0.15) is 0 Å². The van der Waals surface area contributed by atoms with Crippen LogP contribution in [0.4, 0.5) is 0 Å². The van der Waals surface area contributed by atoms with E-state index in [0.717, 1.165) is 6.42 Å². The number of aliphatic imine (C=N–C) groups is 1. The highest BCUT2D eigenvalue weighted by Crippen LogP contribution is 2.22. The van der Waals surface area contributed by atoms with Crippen molar-refractivity contribution in [1.82, 2.24) is 5.32 Å². The summed E-state index contributed by atoms with van der Waals surface area (Å²) in [5, 5.41) is 3.31. The fraction of sp³-hybridized carbons (Fsp3) is 0.429. The molecule has 1 amide bonds. The Morgan fingerprint density at radius 1 is 1.29 bits per heavy atom. The van der Waals surface area contributed by atoms with E-state index >= 15 is 0 Å².